The summed E-state index contributed by atoms with van der Waals surface area (Å²) in [5, 5.41) is 0.664. The molecule has 0 radical (unpaired) electrons. The standard InChI is InChI=1S/C18H14BrNO4/c1-23-10-7-8-13(19)12(9-10)17(21)15-11-5-3-4-6-14(11)20-16(15)18(22)24-2/h3-9,20H,1-2H3. The van der Waals surface area contributed by atoms with Crippen LogP contribution in [0.5, 0.6) is 5.75 Å². The molecule has 1 N–H and O–H groups in total. The molecule has 3 rings (SSSR count). The lowest BCUT2D eigenvalue weighted by atomic mass is 10.00. The van der Waals surface area contributed by atoms with Crippen molar-refractivity contribution >= 4 is 38.6 Å². The molecule has 0 saturated heterocycles. The van der Waals surface area contributed by atoms with Gasteiger partial charge in [-0.2, -0.15) is 0 Å². The Bertz CT molecular complexity index is 945. The molecule has 0 amide bonds. The van der Waals surface area contributed by atoms with E-state index in [-0.39, 0.29) is 17.0 Å². The molecular weight excluding hydrogens is 374 g/mol. The van der Waals surface area contributed by atoms with E-state index >= 15 is 0 Å². The van der Waals surface area contributed by atoms with Gasteiger partial charge in [0.1, 0.15) is 11.4 Å². The minimum Gasteiger partial charge on any atom is -0.497 e. The van der Waals surface area contributed by atoms with Gasteiger partial charge in [-0.3, -0.25) is 4.79 Å². The third kappa shape index (κ3) is 2.69. The number of esters is 1. The van der Waals surface area contributed by atoms with Gasteiger partial charge in [0, 0.05) is 20.9 Å². The van der Waals surface area contributed by atoms with Gasteiger partial charge in [0.2, 0.25) is 0 Å². The maximum atomic E-state index is 13.1. The van der Waals surface area contributed by atoms with Crippen molar-refractivity contribution in [1.29, 1.82) is 0 Å². The maximum Gasteiger partial charge on any atom is 0.355 e. The predicted octanol–water partition coefficient (Wildman–Crippen LogP) is 3.96. The molecule has 6 heteroatoms. The van der Waals surface area contributed by atoms with Gasteiger partial charge in [-0.05, 0) is 24.3 Å². The van der Waals surface area contributed by atoms with Crippen LogP contribution < -0.4 is 4.74 Å². The topological polar surface area (TPSA) is 68.4 Å². The smallest absolute Gasteiger partial charge is 0.355 e. The van der Waals surface area contributed by atoms with Crippen LogP contribution in [0.3, 0.4) is 0 Å². The van der Waals surface area contributed by atoms with Crippen molar-refractivity contribution in [2.45, 2.75) is 0 Å². The van der Waals surface area contributed by atoms with Gasteiger partial charge >= 0.3 is 5.97 Å². The number of nitrogens with one attached hydrogen (secondary N) is 1. The molecule has 2 aromatic carbocycles. The number of hydrogen-bond acceptors (Lipinski definition) is 4. The third-order valence-electron chi connectivity index (χ3n) is 3.74. The average Bonchev–Trinajstić information content (AvgIpc) is 3.00. The molecular formula is C18H14BrNO4. The van der Waals surface area contributed by atoms with Gasteiger partial charge in [-0.15, -0.1) is 0 Å². The fourth-order valence-corrected chi connectivity index (χ4v) is 3.00. The van der Waals surface area contributed by atoms with Gasteiger partial charge in [0.25, 0.3) is 0 Å². The number of methoxy groups -OCH3 is 2. The van der Waals surface area contributed by atoms with Crippen LogP contribution >= 0.6 is 15.9 Å². The first-order chi connectivity index (χ1) is 11.6. The molecule has 0 aliphatic heterocycles. The Hall–Kier alpha value is -2.60. The summed E-state index contributed by atoms with van der Waals surface area (Å²) in [6, 6.07) is 12.4. The Balaban J connectivity index is 2.25. The largest absolute Gasteiger partial charge is 0.497 e. The fourth-order valence-electron chi connectivity index (χ4n) is 2.57. The number of benzene rings is 2. The first kappa shape index (κ1) is 16.3. The molecule has 0 saturated carbocycles. The average molecular weight is 388 g/mol. The van der Waals surface area contributed by atoms with Crippen molar-refractivity contribution in [1.82, 2.24) is 4.98 Å². The summed E-state index contributed by atoms with van der Waals surface area (Å²) in [5.74, 6) is -0.326. The fraction of sp³-hybridized carbons (Fsp3) is 0.111. The summed E-state index contributed by atoms with van der Waals surface area (Å²) < 4.78 is 10.6. The number of halogens is 1. The molecule has 0 bridgehead atoms. The van der Waals surface area contributed by atoms with Gasteiger partial charge in [0.05, 0.1) is 19.8 Å². The van der Waals surface area contributed by atoms with E-state index in [1.807, 2.05) is 12.1 Å². The number of aromatic nitrogens is 1. The molecule has 0 aliphatic rings. The highest BCUT2D eigenvalue weighted by atomic mass is 79.9. The van der Waals surface area contributed by atoms with Gasteiger partial charge in [-0.25, -0.2) is 4.79 Å². The number of para-hydroxylation sites is 1. The molecule has 0 fully saturated rings. The lowest BCUT2D eigenvalue weighted by Gasteiger charge is -2.07. The quantitative estimate of drug-likeness (QED) is 0.543. The molecule has 0 aliphatic carbocycles. The molecule has 0 spiro atoms. The van der Waals surface area contributed by atoms with Gasteiger partial charge in [-0.1, -0.05) is 34.1 Å². The van der Waals surface area contributed by atoms with E-state index in [9.17, 15) is 9.59 Å². The zero-order valence-corrected chi connectivity index (χ0v) is 14.6. The molecule has 3 aromatic rings. The number of aromatic amines is 1. The lowest BCUT2D eigenvalue weighted by molar-refractivity contribution is 0.0592. The summed E-state index contributed by atoms with van der Waals surface area (Å²) in [6.45, 7) is 0. The number of carbonyl (C=O) groups is 2. The second kappa shape index (κ2) is 6.49. The molecule has 0 atom stereocenters. The van der Waals surface area contributed by atoms with Gasteiger partial charge < -0.3 is 14.5 Å². The molecule has 122 valence electrons. The first-order valence-corrected chi connectivity index (χ1v) is 7.93. The minimum absolute atomic E-state index is 0.137. The van der Waals surface area contributed by atoms with Crippen LogP contribution in [0.15, 0.2) is 46.9 Å². The van der Waals surface area contributed by atoms with Crippen molar-refractivity contribution < 1.29 is 19.1 Å². The zero-order chi connectivity index (χ0) is 17.3. The maximum absolute atomic E-state index is 13.1. The summed E-state index contributed by atoms with van der Waals surface area (Å²) >= 11 is 3.39. The minimum atomic E-state index is -0.589. The van der Waals surface area contributed by atoms with Crippen LogP contribution in [0.2, 0.25) is 0 Å². The van der Waals surface area contributed by atoms with E-state index < -0.39 is 5.97 Å². The van der Waals surface area contributed by atoms with Crippen LogP contribution in [0.25, 0.3) is 10.9 Å². The van der Waals surface area contributed by atoms with Crippen LogP contribution in [0, 0.1) is 0 Å². The van der Waals surface area contributed by atoms with Crippen LogP contribution in [0.1, 0.15) is 26.4 Å². The Morgan fingerprint density at radius 2 is 1.83 bits per heavy atom. The van der Waals surface area contributed by atoms with E-state index in [2.05, 4.69) is 20.9 Å². The normalized spacial score (nSPS) is 10.6. The Kier molecular flexibility index (Phi) is 4.40. The summed E-state index contributed by atoms with van der Waals surface area (Å²) in [4.78, 5) is 28.2. The number of rotatable bonds is 4. The Morgan fingerprint density at radius 3 is 2.54 bits per heavy atom. The number of ketones is 1. The third-order valence-corrected chi connectivity index (χ3v) is 4.43. The number of carbonyl (C=O) groups excluding carboxylic acids is 2. The summed E-state index contributed by atoms with van der Waals surface area (Å²) in [6.07, 6.45) is 0. The van der Waals surface area contributed by atoms with Crippen molar-refractivity contribution in [3.05, 3.63) is 63.8 Å². The van der Waals surface area contributed by atoms with Gasteiger partial charge in [0.15, 0.2) is 5.78 Å². The molecule has 1 aromatic heterocycles. The van der Waals surface area contributed by atoms with Crippen LogP contribution in [0.4, 0.5) is 0 Å². The van der Waals surface area contributed by atoms with E-state index in [4.69, 9.17) is 9.47 Å². The summed E-state index contributed by atoms with van der Waals surface area (Å²) in [7, 11) is 2.81. The second-order valence-corrected chi connectivity index (χ2v) is 5.94. The van der Waals surface area contributed by atoms with E-state index in [1.165, 1.54) is 14.2 Å². The summed E-state index contributed by atoms with van der Waals surface area (Å²) in [5.41, 5.74) is 1.52. The van der Waals surface area contributed by atoms with Crippen LogP contribution in [-0.2, 0) is 4.74 Å². The SMILES string of the molecule is COC(=O)c1[nH]c2ccccc2c1C(=O)c1cc(OC)ccc1Br. The van der Waals surface area contributed by atoms with E-state index in [1.54, 1.807) is 30.3 Å². The highest BCUT2D eigenvalue weighted by Gasteiger charge is 2.26. The highest BCUT2D eigenvalue weighted by molar-refractivity contribution is 9.10. The number of H-pyrrole nitrogens is 1. The monoisotopic (exact) mass is 387 g/mol. The van der Waals surface area contributed by atoms with Crippen molar-refractivity contribution in [3.63, 3.8) is 0 Å². The Labute approximate surface area is 146 Å². The van der Waals surface area contributed by atoms with Crippen molar-refractivity contribution in [3.8, 4) is 5.75 Å². The molecule has 0 unspecified atom stereocenters. The zero-order valence-electron chi connectivity index (χ0n) is 13.1. The number of fused-ring (bicyclic) bond motifs is 1. The second-order valence-electron chi connectivity index (χ2n) is 5.09. The molecule has 5 nitrogen and oxygen atoms in total. The van der Waals surface area contributed by atoms with E-state index in [0.29, 0.717) is 26.7 Å². The number of ether oxygens (including phenoxy) is 2. The number of hydrogen-bond donors (Lipinski definition) is 1. The van der Waals surface area contributed by atoms with Crippen LogP contribution in [-0.4, -0.2) is 31.0 Å². The van der Waals surface area contributed by atoms with Crippen molar-refractivity contribution in [2.24, 2.45) is 0 Å². The Morgan fingerprint density at radius 1 is 1.08 bits per heavy atom. The predicted molar refractivity (Wildman–Crippen MR) is 93.8 cm³/mol. The first-order valence-electron chi connectivity index (χ1n) is 7.14. The van der Waals surface area contributed by atoms with Crippen molar-refractivity contribution in [2.75, 3.05) is 14.2 Å². The lowest BCUT2D eigenvalue weighted by Crippen LogP contribution is -2.11. The van der Waals surface area contributed by atoms with E-state index in [0.717, 1.165) is 0 Å². The molecule has 1 heterocycles. The highest BCUT2D eigenvalue weighted by Crippen LogP contribution is 2.30. The molecule has 24 heavy (non-hydrogen) atoms.